The van der Waals surface area contributed by atoms with Gasteiger partial charge in [0.2, 0.25) is 0 Å². The molecule has 5 nitrogen and oxygen atoms in total. The number of ether oxygens (including phenoxy) is 1. The van der Waals surface area contributed by atoms with Gasteiger partial charge in [0, 0.05) is 5.57 Å². The zero-order valence-electron chi connectivity index (χ0n) is 8.31. The highest BCUT2D eigenvalue weighted by Crippen LogP contribution is 2.16. The highest BCUT2D eigenvalue weighted by molar-refractivity contribution is 6.41. The molecule has 0 radical (unpaired) electrons. The minimum absolute atomic E-state index is 0.114. The van der Waals surface area contributed by atoms with Gasteiger partial charge in [0.25, 0.3) is 5.78 Å². The fourth-order valence-electron chi connectivity index (χ4n) is 0.951. The van der Waals surface area contributed by atoms with E-state index >= 15 is 0 Å². The van der Waals surface area contributed by atoms with Gasteiger partial charge in [0.1, 0.15) is 0 Å². The van der Waals surface area contributed by atoms with Crippen molar-refractivity contribution in [1.29, 1.82) is 0 Å². The fraction of sp³-hybridized carbons (Fsp3) is 0.200. The minimum atomic E-state index is -1.02. The van der Waals surface area contributed by atoms with Crippen molar-refractivity contribution < 1.29 is 23.8 Å². The summed E-state index contributed by atoms with van der Waals surface area (Å²) in [7, 11) is 1.09. The zero-order valence-corrected chi connectivity index (χ0v) is 8.31. The fourth-order valence-corrected chi connectivity index (χ4v) is 0.951. The van der Waals surface area contributed by atoms with Gasteiger partial charge in [-0.3, -0.25) is 4.79 Å². The van der Waals surface area contributed by atoms with E-state index in [-0.39, 0.29) is 17.1 Å². The van der Waals surface area contributed by atoms with Gasteiger partial charge in [-0.15, -0.1) is 0 Å². The Morgan fingerprint density at radius 3 is 2.60 bits per heavy atom. The van der Waals surface area contributed by atoms with Crippen LogP contribution in [0.15, 0.2) is 28.4 Å². The number of Topliss-reactive ketones (excluding diaryl/α,β-unsaturated/α-hetero) is 1. The van der Waals surface area contributed by atoms with Crippen LogP contribution < -0.4 is 0 Å². The largest absolute Gasteiger partial charge is 0.504 e. The lowest BCUT2D eigenvalue weighted by atomic mass is 10.1. The van der Waals surface area contributed by atoms with Gasteiger partial charge >= 0.3 is 5.97 Å². The van der Waals surface area contributed by atoms with Gasteiger partial charge in [-0.05, 0) is 19.1 Å². The van der Waals surface area contributed by atoms with E-state index in [2.05, 4.69) is 4.74 Å². The molecule has 0 saturated heterocycles. The summed E-state index contributed by atoms with van der Waals surface area (Å²) in [5.41, 5.74) is -0.114. The highest BCUT2D eigenvalue weighted by Gasteiger charge is 2.21. The van der Waals surface area contributed by atoms with Crippen LogP contribution in [0.4, 0.5) is 0 Å². The molecule has 0 fully saturated rings. The van der Waals surface area contributed by atoms with E-state index in [0.717, 1.165) is 7.11 Å². The maximum absolute atomic E-state index is 11.3. The van der Waals surface area contributed by atoms with Crippen molar-refractivity contribution in [1.82, 2.24) is 0 Å². The third-order valence-corrected chi connectivity index (χ3v) is 1.82. The molecule has 80 valence electrons. The highest BCUT2D eigenvalue weighted by atomic mass is 16.5. The summed E-state index contributed by atoms with van der Waals surface area (Å²) in [6.07, 6.45) is 1.35. The molecule has 0 saturated carbocycles. The Balaban J connectivity index is 3.01. The normalized spacial score (nSPS) is 11.9. The molecule has 1 heterocycles. The summed E-state index contributed by atoms with van der Waals surface area (Å²) in [6.45, 7) is 1.32. The first-order valence-corrected chi connectivity index (χ1v) is 4.14. The number of methoxy groups -OCH3 is 1. The lowest BCUT2D eigenvalue weighted by Crippen LogP contribution is -2.17. The molecule has 0 unspecified atom stereocenters. The summed E-state index contributed by atoms with van der Waals surface area (Å²) in [5.74, 6) is -2.16. The first-order valence-electron chi connectivity index (χ1n) is 4.14. The number of furan rings is 1. The van der Waals surface area contributed by atoms with Gasteiger partial charge < -0.3 is 14.3 Å². The molecule has 15 heavy (non-hydrogen) atoms. The van der Waals surface area contributed by atoms with Gasteiger partial charge in [-0.25, -0.2) is 4.79 Å². The summed E-state index contributed by atoms with van der Waals surface area (Å²) >= 11 is 0. The second-order valence-corrected chi connectivity index (χ2v) is 2.77. The van der Waals surface area contributed by atoms with Crippen LogP contribution in [0, 0.1) is 0 Å². The minimum Gasteiger partial charge on any atom is -0.504 e. The standard InChI is InChI=1S/C10H10O5/c1-6(9(12)10(13)14-2)8(11)7-4-3-5-15-7/h3-5,11H,1-2H3. The number of ketones is 1. The number of hydrogen-bond acceptors (Lipinski definition) is 5. The van der Waals surface area contributed by atoms with Crippen LogP contribution in [0.1, 0.15) is 12.7 Å². The summed E-state index contributed by atoms with van der Waals surface area (Å²) in [6, 6.07) is 3.03. The van der Waals surface area contributed by atoms with Crippen molar-refractivity contribution in [3.8, 4) is 0 Å². The average molecular weight is 210 g/mol. The first kappa shape index (κ1) is 11.0. The number of rotatable bonds is 3. The van der Waals surface area contributed by atoms with Crippen LogP contribution in [0.5, 0.6) is 0 Å². The molecule has 1 N–H and O–H groups in total. The van der Waals surface area contributed by atoms with Crippen LogP contribution in [0.2, 0.25) is 0 Å². The smallest absolute Gasteiger partial charge is 0.379 e. The predicted molar refractivity (Wildman–Crippen MR) is 51.0 cm³/mol. The number of aliphatic hydroxyl groups excluding tert-OH is 1. The number of carbonyl (C=O) groups excluding carboxylic acids is 2. The van der Waals surface area contributed by atoms with Crippen molar-refractivity contribution in [2.75, 3.05) is 7.11 Å². The molecule has 0 aliphatic rings. The molecule has 5 heteroatoms. The first-order chi connectivity index (χ1) is 7.07. The Kier molecular flexibility index (Phi) is 3.28. The Morgan fingerprint density at radius 2 is 2.13 bits per heavy atom. The Hall–Kier alpha value is -2.04. The molecule has 0 aromatic carbocycles. The van der Waals surface area contributed by atoms with E-state index in [1.807, 2.05) is 0 Å². The quantitative estimate of drug-likeness (QED) is 0.352. The maximum atomic E-state index is 11.3. The summed E-state index contributed by atoms with van der Waals surface area (Å²) in [5, 5.41) is 9.55. The van der Waals surface area contributed by atoms with Crippen molar-refractivity contribution in [2.24, 2.45) is 0 Å². The van der Waals surface area contributed by atoms with Crippen LogP contribution in [-0.4, -0.2) is 24.0 Å². The molecule has 0 spiro atoms. The van der Waals surface area contributed by atoms with Gasteiger partial charge in [-0.1, -0.05) is 0 Å². The maximum Gasteiger partial charge on any atom is 0.379 e. The third kappa shape index (κ3) is 2.25. The molecule has 0 amide bonds. The van der Waals surface area contributed by atoms with Crippen LogP contribution in [-0.2, 0) is 14.3 Å². The molecule has 1 aromatic heterocycles. The predicted octanol–water partition coefficient (Wildman–Crippen LogP) is 1.31. The second-order valence-electron chi connectivity index (χ2n) is 2.77. The van der Waals surface area contributed by atoms with E-state index in [0.29, 0.717) is 0 Å². The van der Waals surface area contributed by atoms with E-state index in [1.165, 1.54) is 19.3 Å². The van der Waals surface area contributed by atoms with Crippen molar-refractivity contribution in [3.05, 3.63) is 29.7 Å². The zero-order chi connectivity index (χ0) is 11.4. The number of aliphatic hydroxyl groups is 1. The SMILES string of the molecule is COC(=O)C(=O)C(C)=C(O)c1ccco1. The number of esters is 1. The van der Waals surface area contributed by atoms with E-state index in [1.54, 1.807) is 6.07 Å². The van der Waals surface area contributed by atoms with Gasteiger partial charge in [0.05, 0.1) is 13.4 Å². The summed E-state index contributed by atoms with van der Waals surface area (Å²) in [4.78, 5) is 22.2. The number of hydrogen-bond donors (Lipinski definition) is 1. The monoisotopic (exact) mass is 210 g/mol. The topological polar surface area (TPSA) is 76.7 Å². The van der Waals surface area contributed by atoms with E-state index in [4.69, 9.17) is 4.42 Å². The average Bonchev–Trinajstić information content (AvgIpc) is 2.78. The molecular formula is C10H10O5. The van der Waals surface area contributed by atoms with Crippen molar-refractivity contribution >= 4 is 17.5 Å². The lowest BCUT2D eigenvalue weighted by Gasteiger charge is -2.01. The molecule has 0 aliphatic carbocycles. The van der Waals surface area contributed by atoms with Crippen LogP contribution in [0.25, 0.3) is 5.76 Å². The summed E-state index contributed by atoms with van der Waals surface area (Å²) < 4.78 is 9.10. The van der Waals surface area contributed by atoms with Gasteiger partial charge in [0.15, 0.2) is 11.5 Å². The van der Waals surface area contributed by atoms with Crippen molar-refractivity contribution in [2.45, 2.75) is 6.92 Å². The van der Waals surface area contributed by atoms with Crippen LogP contribution in [0.3, 0.4) is 0 Å². The Morgan fingerprint density at radius 1 is 1.47 bits per heavy atom. The third-order valence-electron chi connectivity index (χ3n) is 1.82. The molecular weight excluding hydrogens is 200 g/mol. The molecule has 0 aliphatic heterocycles. The second kappa shape index (κ2) is 4.45. The molecule has 1 rings (SSSR count). The van der Waals surface area contributed by atoms with E-state index in [9.17, 15) is 14.7 Å². The number of carbonyl (C=O) groups is 2. The Bertz CT molecular complexity index is 399. The van der Waals surface area contributed by atoms with Crippen LogP contribution >= 0.6 is 0 Å². The molecule has 0 bridgehead atoms. The molecule has 1 aromatic rings. The Labute approximate surface area is 86.0 Å². The lowest BCUT2D eigenvalue weighted by molar-refractivity contribution is -0.149. The molecule has 0 atom stereocenters. The van der Waals surface area contributed by atoms with Crippen molar-refractivity contribution in [3.63, 3.8) is 0 Å². The van der Waals surface area contributed by atoms with E-state index < -0.39 is 11.8 Å². The van der Waals surface area contributed by atoms with Gasteiger partial charge in [-0.2, -0.15) is 0 Å².